The largest absolute Gasteiger partial charge is 0.420 e. The van der Waals surface area contributed by atoms with Gasteiger partial charge in [0.2, 0.25) is 5.78 Å². The molecule has 5 aromatic rings. The molecule has 0 unspecified atom stereocenters. The van der Waals surface area contributed by atoms with E-state index in [1.54, 1.807) is 53.1 Å². The molecule has 148 valence electrons. The van der Waals surface area contributed by atoms with Crippen LogP contribution in [0.5, 0.6) is 0 Å². The summed E-state index contributed by atoms with van der Waals surface area (Å²) in [5.74, 6) is -1.19. The van der Waals surface area contributed by atoms with E-state index < -0.39 is 17.2 Å². The van der Waals surface area contributed by atoms with Crippen LogP contribution in [0, 0.1) is 5.82 Å². The Bertz CT molecular complexity index is 1640. The Morgan fingerprint density at radius 1 is 0.710 bits per heavy atom. The number of nitrogens with zero attached hydrogens (tertiary/aromatic N) is 1. The number of carbonyl (C=O) groups is 2. The molecule has 2 heterocycles. The van der Waals surface area contributed by atoms with Gasteiger partial charge in [-0.3, -0.25) is 9.59 Å². The van der Waals surface area contributed by atoms with Crippen molar-refractivity contribution in [2.45, 2.75) is 0 Å². The molecule has 0 bridgehead atoms. The van der Waals surface area contributed by atoms with Gasteiger partial charge >= 0.3 is 5.63 Å². The van der Waals surface area contributed by atoms with Crippen LogP contribution in [0.25, 0.3) is 27.6 Å². The van der Waals surface area contributed by atoms with Gasteiger partial charge in [-0.15, -0.1) is 0 Å². The van der Waals surface area contributed by atoms with Crippen LogP contribution in [-0.4, -0.2) is 16.1 Å². The summed E-state index contributed by atoms with van der Waals surface area (Å²) >= 11 is 0. The standard InChI is InChI=1S/C25H12FNO4/c26-13-9-11-14(12-10-13)27-20-15-5-1-4-8-18(15)25(30)31-24(20)19-21(27)23(29)17-7-3-2-6-16(17)22(19)28/h1-12H. The number of benzene rings is 3. The van der Waals surface area contributed by atoms with Crippen molar-refractivity contribution >= 4 is 33.4 Å². The van der Waals surface area contributed by atoms with Gasteiger partial charge in [-0.1, -0.05) is 42.5 Å². The minimum Gasteiger partial charge on any atom is -0.420 e. The number of ketones is 2. The summed E-state index contributed by atoms with van der Waals surface area (Å²) in [7, 11) is 0. The zero-order valence-corrected chi connectivity index (χ0v) is 15.9. The van der Waals surface area contributed by atoms with Gasteiger partial charge < -0.3 is 8.98 Å². The molecule has 0 saturated carbocycles. The predicted molar refractivity (Wildman–Crippen MR) is 113 cm³/mol. The monoisotopic (exact) mass is 409 g/mol. The van der Waals surface area contributed by atoms with Gasteiger partial charge in [-0.2, -0.15) is 0 Å². The van der Waals surface area contributed by atoms with E-state index in [9.17, 15) is 18.8 Å². The van der Waals surface area contributed by atoms with Crippen molar-refractivity contribution in [3.63, 3.8) is 0 Å². The normalized spacial score (nSPS) is 12.9. The van der Waals surface area contributed by atoms with Crippen LogP contribution in [-0.2, 0) is 0 Å². The van der Waals surface area contributed by atoms with E-state index in [0.29, 0.717) is 22.0 Å². The third-order valence-electron chi connectivity index (χ3n) is 5.67. The van der Waals surface area contributed by atoms with Crippen molar-refractivity contribution in [1.82, 2.24) is 4.57 Å². The molecule has 0 spiro atoms. The first-order valence-corrected chi connectivity index (χ1v) is 9.61. The highest BCUT2D eigenvalue weighted by Gasteiger charge is 2.38. The fourth-order valence-electron chi connectivity index (χ4n) is 4.32. The lowest BCUT2D eigenvalue weighted by atomic mass is 9.88. The maximum atomic E-state index is 13.6. The van der Waals surface area contributed by atoms with Gasteiger partial charge in [0, 0.05) is 22.2 Å². The lowest BCUT2D eigenvalue weighted by Crippen LogP contribution is -2.22. The Balaban J connectivity index is 1.87. The van der Waals surface area contributed by atoms with Crippen molar-refractivity contribution in [1.29, 1.82) is 0 Å². The molecule has 0 aliphatic heterocycles. The summed E-state index contributed by atoms with van der Waals surface area (Å²) in [5, 5.41) is 0.864. The molecule has 31 heavy (non-hydrogen) atoms. The average Bonchev–Trinajstić information content (AvgIpc) is 3.14. The predicted octanol–water partition coefficient (Wildman–Crippen LogP) is 4.65. The molecule has 1 aliphatic carbocycles. The van der Waals surface area contributed by atoms with Gasteiger partial charge in [0.15, 0.2) is 11.4 Å². The zero-order valence-electron chi connectivity index (χ0n) is 15.9. The highest BCUT2D eigenvalue weighted by atomic mass is 19.1. The first-order chi connectivity index (χ1) is 15.1. The number of halogens is 1. The molecule has 0 fully saturated rings. The lowest BCUT2D eigenvalue weighted by Gasteiger charge is -2.17. The molecule has 2 aromatic heterocycles. The van der Waals surface area contributed by atoms with Crippen LogP contribution < -0.4 is 5.63 Å². The van der Waals surface area contributed by atoms with Gasteiger partial charge in [0.05, 0.1) is 16.5 Å². The van der Waals surface area contributed by atoms with Crippen LogP contribution in [0.1, 0.15) is 32.0 Å². The molecule has 0 amide bonds. The molecule has 6 rings (SSSR count). The molecule has 0 atom stereocenters. The molecule has 0 N–H and O–H groups in total. The minimum atomic E-state index is -0.596. The average molecular weight is 409 g/mol. The first-order valence-electron chi connectivity index (χ1n) is 9.61. The number of rotatable bonds is 1. The van der Waals surface area contributed by atoms with E-state index in [-0.39, 0.29) is 33.8 Å². The van der Waals surface area contributed by atoms with Crippen LogP contribution in [0.4, 0.5) is 4.39 Å². The third kappa shape index (κ3) is 2.27. The van der Waals surface area contributed by atoms with Crippen LogP contribution in [0.3, 0.4) is 0 Å². The lowest BCUT2D eigenvalue weighted by molar-refractivity contribution is 0.0975. The van der Waals surface area contributed by atoms with E-state index in [4.69, 9.17) is 4.42 Å². The molecule has 0 radical (unpaired) electrons. The van der Waals surface area contributed by atoms with Crippen molar-refractivity contribution in [3.8, 4) is 5.69 Å². The number of fused-ring (bicyclic) bond motifs is 6. The van der Waals surface area contributed by atoms with Crippen molar-refractivity contribution in [3.05, 3.63) is 111 Å². The topological polar surface area (TPSA) is 69.3 Å². The van der Waals surface area contributed by atoms with E-state index in [2.05, 4.69) is 0 Å². The number of hydrogen-bond acceptors (Lipinski definition) is 4. The molecule has 0 saturated heterocycles. The summed E-state index contributed by atoms with van der Waals surface area (Å²) in [4.78, 5) is 39.6. The fourth-order valence-corrected chi connectivity index (χ4v) is 4.32. The van der Waals surface area contributed by atoms with Crippen molar-refractivity contribution < 1.29 is 18.4 Å². The molecule has 5 nitrogen and oxygen atoms in total. The highest BCUT2D eigenvalue weighted by Crippen LogP contribution is 2.39. The molecule has 6 heteroatoms. The summed E-state index contributed by atoms with van der Waals surface area (Å²) in [6.07, 6.45) is 0. The van der Waals surface area contributed by atoms with E-state index in [1.165, 1.54) is 24.3 Å². The molecular formula is C25H12FNO4. The second kappa shape index (κ2) is 6.09. The SMILES string of the molecule is O=C1c2ccccc2C(=O)c2c1c1oc(=O)c3ccccc3c1n2-c1ccc(F)cc1. The van der Waals surface area contributed by atoms with Crippen LogP contribution >= 0.6 is 0 Å². The second-order valence-corrected chi connectivity index (χ2v) is 7.35. The van der Waals surface area contributed by atoms with E-state index in [0.717, 1.165) is 0 Å². The van der Waals surface area contributed by atoms with Gasteiger partial charge in [-0.25, -0.2) is 9.18 Å². The minimum absolute atomic E-state index is 0.0471. The molecule has 3 aromatic carbocycles. The van der Waals surface area contributed by atoms with Gasteiger partial charge in [0.25, 0.3) is 0 Å². The van der Waals surface area contributed by atoms with E-state index >= 15 is 0 Å². The zero-order chi connectivity index (χ0) is 21.3. The Labute approximate surface area is 174 Å². The quantitative estimate of drug-likeness (QED) is 0.396. The molecule has 1 aliphatic rings. The Morgan fingerprint density at radius 3 is 2.03 bits per heavy atom. The summed E-state index contributed by atoms with van der Waals surface area (Å²) < 4.78 is 20.8. The molecular weight excluding hydrogens is 397 g/mol. The Morgan fingerprint density at radius 2 is 1.32 bits per heavy atom. The number of hydrogen-bond donors (Lipinski definition) is 0. The van der Waals surface area contributed by atoms with Crippen molar-refractivity contribution in [2.24, 2.45) is 0 Å². The number of aromatic nitrogens is 1. The maximum absolute atomic E-state index is 13.6. The second-order valence-electron chi connectivity index (χ2n) is 7.35. The first kappa shape index (κ1) is 17.5. The smallest absolute Gasteiger partial charge is 0.344 e. The highest BCUT2D eigenvalue weighted by molar-refractivity contribution is 6.33. The Kier molecular flexibility index (Phi) is 3.44. The van der Waals surface area contributed by atoms with Gasteiger partial charge in [0.1, 0.15) is 11.5 Å². The maximum Gasteiger partial charge on any atom is 0.344 e. The summed E-state index contributed by atoms with van der Waals surface area (Å²) in [6.45, 7) is 0. The summed E-state index contributed by atoms with van der Waals surface area (Å²) in [5.41, 5.74) is 1.04. The van der Waals surface area contributed by atoms with Crippen LogP contribution in [0.2, 0.25) is 0 Å². The third-order valence-corrected chi connectivity index (χ3v) is 5.67. The van der Waals surface area contributed by atoms with E-state index in [1.807, 2.05) is 0 Å². The Hall–Kier alpha value is -4.32. The van der Waals surface area contributed by atoms with Gasteiger partial charge in [-0.05, 0) is 30.3 Å². The van der Waals surface area contributed by atoms with Crippen LogP contribution in [0.15, 0.2) is 82.0 Å². The summed E-state index contributed by atoms with van der Waals surface area (Å²) in [6, 6.07) is 19.0. The van der Waals surface area contributed by atoms with Crippen molar-refractivity contribution in [2.75, 3.05) is 0 Å². The number of carbonyl (C=O) groups excluding carboxylic acids is 2. The fraction of sp³-hybridized carbons (Fsp3) is 0.